The van der Waals surface area contributed by atoms with E-state index in [0.717, 1.165) is 0 Å². The molecule has 1 aromatic rings. The van der Waals surface area contributed by atoms with E-state index in [9.17, 15) is 4.79 Å². The number of nitrogens with zero attached hydrogens (tertiary/aromatic N) is 1. The van der Waals surface area contributed by atoms with Gasteiger partial charge in [-0.25, -0.2) is 0 Å². The summed E-state index contributed by atoms with van der Waals surface area (Å²) in [7, 11) is 0. The van der Waals surface area contributed by atoms with Crippen LogP contribution in [0.1, 0.15) is 32.1 Å². The Labute approximate surface area is 113 Å². The molecule has 98 valence electrons. The standard InChI is InChI=1S/C12H20N2OS.ClH/c1-9(2)14(12(15)7-10(3)13)8-11-5-4-6-16-11;/h4-6,9-10H,7-8,13H2,1-3H3;1H. The third kappa shape index (κ3) is 5.52. The van der Waals surface area contributed by atoms with Gasteiger partial charge in [-0.3, -0.25) is 4.79 Å². The van der Waals surface area contributed by atoms with E-state index in [1.165, 1.54) is 4.88 Å². The van der Waals surface area contributed by atoms with Gasteiger partial charge in [0.1, 0.15) is 0 Å². The average Bonchev–Trinajstić information content (AvgIpc) is 2.64. The first-order valence-corrected chi connectivity index (χ1v) is 6.46. The molecule has 0 saturated heterocycles. The molecule has 0 saturated carbocycles. The van der Waals surface area contributed by atoms with Crippen molar-refractivity contribution in [3.05, 3.63) is 22.4 Å². The molecular weight excluding hydrogens is 256 g/mol. The van der Waals surface area contributed by atoms with E-state index < -0.39 is 0 Å². The first-order valence-electron chi connectivity index (χ1n) is 5.58. The predicted octanol–water partition coefficient (Wildman–Crippen LogP) is 2.64. The Hall–Kier alpha value is -0.580. The molecule has 17 heavy (non-hydrogen) atoms. The highest BCUT2D eigenvalue weighted by Crippen LogP contribution is 2.15. The van der Waals surface area contributed by atoms with Crippen LogP contribution < -0.4 is 5.73 Å². The molecule has 3 nitrogen and oxygen atoms in total. The third-order valence-electron chi connectivity index (χ3n) is 2.35. The highest BCUT2D eigenvalue weighted by Gasteiger charge is 2.18. The Bertz CT molecular complexity index is 325. The second-order valence-corrected chi connectivity index (χ2v) is 5.41. The number of halogens is 1. The quantitative estimate of drug-likeness (QED) is 0.899. The van der Waals surface area contributed by atoms with Crippen LogP contribution in [0.4, 0.5) is 0 Å². The van der Waals surface area contributed by atoms with Crippen molar-refractivity contribution in [1.82, 2.24) is 4.90 Å². The van der Waals surface area contributed by atoms with Crippen LogP contribution in [-0.2, 0) is 11.3 Å². The fourth-order valence-corrected chi connectivity index (χ4v) is 2.22. The maximum Gasteiger partial charge on any atom is 0.224 e. The number of carbonyl (C=O) groups is 1. The Morgan fingerprint density at radius 3 is 2.53 bits per heavy atom. The lowest BCUT2D eigenvalue weighted by molar-refractivity contribution is -0.133. The van der Waals surface area contributed by atoms with Crippen LogP contribution in [0.25, 0.3) is 0 Å². The Morgan fingerprint density at radius 2 is 2.12 bits per heavy atom. The minimum Gasteiger partial charge on any atom is -0.335 e. The first kappa shape index (κ1) is 16.4. The Morgan fingerprint density at radius 1 is 1.47 bits per heavy atom. The summed E-state index contributed by atoms with van der Waals surface area (Å²) in [6, 6.07) is 4.21. The van der Waals surface area contributed by atoms with Crippen molar-refractivity contribution in [3.63, 3.8) is 0 Å². The zero-order valence-corrected chi connectivity index (χ0v) is 12.2. The topological polar surface area (TPSA) is 46.3 Å². The van der Waals surface area contributed by atoms with Crippen molar-refractivity contribution in [2.45, 2.75) is 45.8 Å². The number of nitrogens with two attached hydrogens (primary N) is 1. The van der Waals surface area contributed by atoms with Gasteiger partial charge in [-0.05, 0) is 32.2 Å². The maximum absolute atomic E-state index is 12.0. The number of hydrogen-bond acceptors (Lipinski definition) is 3. The van der Waals surface area contributed by atoms with Crippen LogP contribution in [0.15, 0.2) is 17.5 Å². The average molecular weight is 277 g/mol. The third-order valence-corrected chi connectivity index (χ3v) is 3.21. The highest BCUT2D eigenvalue weighted by atomic mass is 35.5. The van der Waals surface area contributed by atoms with E-state index >= 15 is 0 Å². The molecule has 0 aromatic carbocycles. The second-order valence-electron chi connectivity index (χ2n) is 4.38. The van der Waals surface area contributed by atoms with Gasteiger partial charge < -0.3 is 10.6 Å². The first-order chi connectivity index (χ1) is 7.50. The largest absolute Gasteiger partial charge is 0.335 e. The SMILES string of the molecule is CC(N)CC(=O)N(Cc1cccs1)C(C)C.Cl. The lowest BCUT2D eigenvalue weighted by Gasteiger charge is -2.27. The smallest absolute Gasteiger partial charge is 0.224 e. The van der Waals surface area contributed by atoms with Crippen LogP contribution in [0.3, 0.4) is 0 Å². The van der Waals surface area contributed by atoms with Crippen molar-refractivity contribution < 1.29 is 4.79 Å². The van der Waals surface area contributed by atoms with Crippen molar-refractivity contribution in [2.75, 3.05) is 0 Å². The molecule has 1 amide bonds. The summed E-state index contributed by atoms with van der Waals surface area (Å²) in [6.07, 6.45) is 0.420. The van der Waals surface area contributed by atoms with Gasteiger partial charge in [0.25, 0.3) is 0 Å². The monoisotopic (exact) mass is 276 g/mol. The number of amides is 1. The number of rotatable bonds is 5. The van der Waals surface area contributed by atoms with Crippen molar-refractivity contribution in [2.24, 2.45) is 5.73 Å². The molecular formula is C12H21ClN2OS. The summed E-state index contributed by atoms with van der Waals surface area (Å²) >= 11 is 1.68. The molecule has 0 aliphatic heterocycles. The van der Waals surface area contributed by atoms with E-state index in [1.54, 1.807) is 11.3 Å². The van der Waals surface area contributed by atoms with Crippen LogP contribution in [-0.4, -0.2) is 22.9 Å². The van der Waals surface area contributed by atoms with Gasteiger partial charge in [0.05, 0.1) is 6.54 Å². The molecule has 1 atom stereocenters. The lowest BCUT2D eigenvalue weighted by atomic mass is 10.2. The normalized spacial score (nSPS) is 12.1. The molecule has 0 aliphatic rings. The maximum atomic E-state index is 12.0. The molecule has 1 rings (SSSR count). The van der Waals surface area contributed by atoms with Gasteiger partial charge in [-0.2, -0.15) is 0 Å². The van der Waals surface area contributed by atoms with E-state index in [1.807, 2.05) is 37.1 Å². The summed E-state index contributed by atoms with van der Waals surface area (Å²) in [5.41, 5.74) is 5.66. The molecule has 2 N–H and O–H groups in total. The zero-order valence-electron chi connectivity index (χ0n) is 10.6. The van der Waals surface area contributed by atoms with Gasteiger partial charge in [-0.15, -0.1) is 23.7 Å². The summed E-state index contributed by atoms with van der Waals surface area (Å²) in [5.74, 6) is 0.137. The van der Waals surface area contributed by atoms with Crippen LogP contribution in [0.2, 0.25) is 0 Å². The van der Waals surface area contributed by atoms with Crippen LogP contribution in [0, 0.1) is 0 Å². The van der Waals surface area contributed by atoms with E-state index in [-0.39, 0.29) is 30.4 Å². The van der Waals surface area contributed by atoms with Gasteiger partial charge in [0.15, 0.2) is 0 Å². The molecule has 0 radical (unpaired) electrons. The lowest BCUT2D eigenvalue weighted by Crippen LogP contribution is -2.38. The molecule has 1 unspecified atom stereocenters. The van der Waals surface area contributed by atoms with E-state index in [0.29, 0.717) is 13.0 Å². The molecule has 5 heteroatoms. The Balaban J connectivity index is 0.00000256. The Kier molecular flexibility index (Phi) is 7.43. The fraction of sp³-hybridized carbons (Fsp3) is 0.583. The molecule has 0 aliphatic carbocycles. The number of thiophene rings is 1. The molecule has 0 fully saturated rings. The van der Waals surface area contributed by atoms with Gasteiger partial charge >= 0.3 is 0 Å². The summed E-state index contributed by atoms with van der Waals surface area (Å²) in [5, 5.41) is 2.03. The van der Waals surface area contributed by atoms with Gasteiger partial charge in [-0.1, -0.05) is 6.07 Å². The van der Waals surface area contributed by atoms with Crippen LogP contribution in [0.5, 0.6) is 0 Å². The minimum absolute atomic E-state index is 0. The summed E-state index contributed by atoms with van der Waals surface area (Å²) in [4.78, 5) is 15.1. The van der Waals surface area contributed by atoms with Crippen molar-refractivity contribution in [3.8, 4) is 0 Å². The van der Waals surface area contributed by atoms with Crippen LogP contribution >= 0.6 is 23.7 Å². The second kappa shape index (κ2) is 7.69. The molecule has 0 spiro atoms. The molecule has 1 aromatic heterocycles. The number of carbonyl (C=O) groups excluding carboxylic acids is 1. The molecule has 0 bridgehead atoms. The highest BCUT2D eigenvalue weighted by molar-refractivity contribution is 7.09. The predicted molar refractivity (Wildman–Crippen MR) is 75.5 cm³/mol. The van der Waals surface area contributed by atoms with E-state index in [2.05, 4.69) is 6.07 Å². The molecule has 1 heterocycles. The van der Waals surface area contributed by atoms with Crippen molar-refractivity contribution >= 4 is 29.7 Å². The van der Waals surface area contributed by atoms with Gasteiger partial charge in [0.2, 0.25) is 5.91 Å². The fourth-order valence-electron chi connectivity index (χ4n) is 1.52. The van der Waals surface area contributed by atoms with E-state index in [4.69, 9.17) is 5.73 Å². The summed E-state index contributed by atoms with van der Waals surface area (Å²) < 4.78 is 0. The zero-order chi connectivity index (χ0) is 12.1. The van der Waals surface area contributed by atoms with Crippen molar-refractivity contribution in [1.29, 1.82) is 0 Å². The number of hydrogen-bond donors (Lipinski definition) is 1. The van der Waals surface area contributed by atoms with Gasteiger partial charge in [0, 0.05) is 23.4 Å². The summed E-state index contributed by atoms with van der Waals surface area (Å²) in [6.45, 7) is 6.63. The minimum atomic E-state index is -0.0721.